The van der Waals surface area contributed by atoms with Gasteiger partial charge in [0.15, 0.2) is 11.7 Å². The van der Waals surface area contributed by atoms with Crippen molar-refractivity contribution in [2.45, 2.75) is 46.1 Å². The Morgan fingerprint density at radius 3 is 2.71 bits per heavy atom. The summed E-state index contributed by atoms with van der Waals surface area (Å²) in [5.74, 6) is 1.01. The number of hydrogen-bond acceptors (Lipinski definition) is 5. The number of aromatic nitrogens is 4. The first-order valence-corrected chi connectivity index (χ1v) is 10.8. The lowest BCUT2D eigenvalue weighted by molar-refractivity contribution is 0.200. The lowest BCUT2D eigenvalue weighted by Gasteiger charge is -2.26. The second-order valence-corrected chi connectivity index (χ2v) is 8.82. The first kappa shape index (κ1) is 21.2. The van der Waals surface area contributed by atoms with E-state index in [0.29, 0.717) is 27.7 Å². The molecule has 0 aromatic carbocycles. The molecule has 1 saturated carbocycles. The molecule has 3 heterocycles. The van der Waals surface area contributed by atoms with E-state index in [9.17, 15) is 4.79 Å². The van der Waals surface area contributed by atoms with E-state index in [1.807, 2.05) is 12.2 Å². The van der Waals surface area contributed by atoms with Crippen LogP contribution in [-0.4, -0.2) is 36.6 Å². The van der Waals surface area contributed by atoms with Crippen LogP contribution in [0.15, 0.2) is 24.7 Å². The molecule has 3 aromatic rings. The van der Waals surface area contributed by atoms with Crippen molar-refractivity contribution in [2.75, 3.05) is 0 Å². The number of rotatable bonds is 4. The summed E-state index contributed by atoms with van der Waals surface area (Å²) in [6.07, 6.45) is 8.82. The second-order valence-electron chi connectivity index (χ2n) is 8.38. The van der Waals surface area contributed by atoms with Gasteiger partial charge in [0.05, 0.1) is 16.1 Å². The Morgan fingerprint density at radius 2 is 2.03 bits per heavy atom. The number of amidine groups is 1. The Labute approximate surface area is 185 Å². The third-order valence-corrected chi connectivity index (χ3v) is 6.13. The minimum absolute atomic E-state index is 0.0113. The molecule has 0 unspecified atom stereocenters. The number of carbonyl (C=O) groups is 1. The fourth-order valence-corrected chi connectivity index (χ4v) is 4.49. The minimum atomic E-state index is -1.33. The SMILES string of the molecule is Cc1cn(CC2CCC(C)CC2)c2c(-c3cncc(Cl)c3)nc(C(=N)NC(=O)O)nc12. The summed E-state index contributed by atoms with van der Waals surface area (Å²) in [6, 6.07) is 1.77. The maximum Gasteiger partial charge on any atom is 0.410 e. The van der Waals surface area contributed by atoms with Crippen LogP contribution < -0.4 is 5.32 Å². The molecule has 162 valence electrons. The standard InChI is InChI=1S/C22H25ClN6O2/c1-12-3-5-14(6-4-12)11-29-10-13(2)17-19(29)18(15-7-16(23)9-25-8-15)27-21(26-17)20(24)28-22(30)31/h7-10,12,14H,3-6,11H2,1-2H3,(H2,24,28)(H,30,31). The summed E-state index contributed by atoms with van der Waals surface area (Å²) < 4.78 is 2.19. The van der Waals surface area contributed by atoms with Gasteiger partial charge in [-0.15, -0.1) is 0 Å². The molecular formula is C22H25ClN6O2. The molecular weight excluding hydrogens is 416 g/mol. The van der Waals surface area contributed by atoms with E-state index < -0.39 is 6.09 Å². The molecule has 0 radical (unpaired) electrons. The number of aryl methyl sites for hydroxylation is 1. The largest absolute Gasteiger partial charge is 0.465 e. The van der Waals surface area contributed by atoms with Crippen molar-refractivity contribution in [3.05, 3.63) is 41.1 Å². The normalized spacial score (nSPS) is 18.8. The highest BCUT2D eigenvalue weighted by Crippen LogP contribution is 2.34. The number of pyridine rings is 1. The highest BCUT2D eigenvalue weighted by molar-refractivity contribution is 6.30. The van der Waals surface area contributed by atoms with Crippen molar-refractivity contribution in [3.63, 3.8) is 0 Å². The second kappa shape index (κ2) is 8.63. The lowest BCUT2D eigenvalue weighted by Crippen LogP contribution is -2.30. The molecule has 0 aliphatic heterocycles. The van der Waals surface area contributed by atoms with Crippen LogP contribution in [0, 0.1) is 24.2 Å². The summed E-state index contributed by atoms with van der Waals surface area (Å²) in [6.45, 7) is 5.14. The molecule has 4 rings (SSSR count). The molecule has 3 N–H and O–H groups in total. The van der Waals surface area contributed by atoms with Gasteiger partial charge in [-0.1, -0.05) is 31.4 Å². The van der Waals surface area contributed by atoms with Crippen molar-refractivity contribution in [1.29, 1.82) is 5.41 Å². The summed E-state index contributed by atoms with van der Waals surface area (Å²) >= 11 is 6.19. The first-order chi connectivity index (χ1) is 14.8. The van der Waals surface area contributed by atoms with Crippen molar-refractivity contribution < 1.29 is 9.90 Å². The summed E-state index contributed by atoms with van der Waals surface area (Å²) in [4.78, 5) is 24.3. The van der Waals surface area contributed by atoms with Crippen molar-refractivity contribution in [3.8, 4) is 11.3 Å². The fraction of sp³-hybridized carbons (Fsp3) is 0.409. The van der Waals surface area contributed by atoms with Gasteiger partial charge in [0.2, 0.25) is 0 Å². The number of halogens is 1. The van der Waals surface area contributed by atoms with Crippen molar-refractivity contribution in [2.24, 2.45) is 11.8 Å². The van der Waals surface area contributed by atoms with Gasteiger partial charge in [0, 0.05) is 30.7 Å². The Balaban J connectivity index is 1.85. The quantitative estimate of drug-likeness (QED) is 0.395. The smallest absolute Gasteiger partial charge is 0.410 e. The maximum absolute atomic E-state index is 11.0. The fourth-order valence-electron chi connectivity index (χ4n) is 4.31. The van der Waals surface area contributed by atoms with Crippen LogP contribution in [0.4, 0.5) is 4.79 Å². The van der Waals surface area contributed by atoms with Gasteiger partial charge < -0.3 is 9.67 Å². The predicted molar refractivity (Wildman–Crippen MR) is 120 cm³/mol. The molecule has 3 aromatic heterocycles. The summed E-state index contributed by atoms with van der Waals surface area (Å²) in [7, 11) is 0. The number of carboxylic acid groups (broad SMARTS) is 1. The van der Waals surface area contributed by atoms with E-state index in [-0.39, 0.29) is 11.7 Å². The molecule has 9 heteroatoms. The number of nitrogens with one attached hydrogen (secondary N) is 2. The van der Waals surface area contributed by atoms with Gasteiger partial charge in [-0.3, -0.25) is 15.7 Å². The van der Waals surface area contributed by atoms with E-state index in [4.69, 9.17) is 22.1 Å². The van der Waals surface area contributed by atoms with Crippen LogP contribution in [0.3, 0.4) is 0 Å². The van der Waals surface area contributed by atoms with Crippen LogP contribution in [0.5, 0.6) is 0 Å². The van der Waals surface area contributed by atoms with Gasteiger partial charge in [0.25, 0.3) is 0 Å². The van der Waals surface area contributed by atoms with Gasteiger partial charge in [0.1, 0.15) is 5.69 Å². The van der Waals surface area contributed by atoms with Crippen LogP contribution in [0.25, 0.3) is 22.3 Å². The molecule has 8 nitrogen and oxygen atoms in total. The highest BCUT2D eigenvalue weighted by atomic mass is 35.5. The van der Waals surface area contributed by atoms with Crippen LogP contribution in [0.1, 0.15) is 44.0 Å². The maximum atomic E-state index is 11.0. The molecule has 1 fully saturated rings. The zero-order chi connectivity index (χ0) is 22.1. The van der Waals surface area contributed by atoms with Gasteiger partial charge in [-0.25, -0.2) is 14.8 Å². The Bertz CT molecular complexity index is 1150. The third kappa shape index (κ3) is 4.54. The molecule has 0 atom stereocenters. The number of nitrogens with zero attached hydrogens (tertiary/aromatic N) is 4. The van der Waals surface area contributed by atoms with Crippen LogP contribution in [-0.2, 0) is 6.54 Å². The summed E-state index contributed by atoms with van der Waals surface area (Å²) in [5, 5.41) is 19.6. The molecule has 0 spiro atoms. The van der Waals surface area contributed by atoms with E-state index in [1.165, 1.54) is 25.7 Å². The van der Waals surface area contributed by atoms with E-state index >= 15 is 0 Å². The molecule has 1 aliphatic carbocycles. The van der Waals surface area contributed by atoms with Gasteiger partial charge in [-0.2, -0.15) is 0 Å². The number of hydrogen-bond donors (Lipinski definition) is 3. The number of amides is 1. The Kier molecular flexibility index (Phi) is 5.91. The number of fused-ring (bicyclic) bond motifs is 1. The van der Waals surface area contributed by atoms with E-state index in [2.05, 4.69) is 32.6 Å². The highest BCUT2D eigenvalue weighted by Gasteiger charge is 2.23. The Hall–Kier alpha value is -3.00. The monoisotopic (exact) mass is 440 g/mol. The average Bonchev–Trinajstić information content (AvgIpc) is 3.04. The Morgan fingerprint density at radius 1 is 1.29 bits per heavy atom. The third-order valence-electron chi connectivity index (χ3n) is 5.92. The predicted octanol–water partition coefficient (Wildman–Crippen LogP) is 4.87. The molecule has 1 aliphatic rings. The van der Waals surface area contributed by atoms with Crippen molar-refractivity contribution in [1.82, 2.24) is 24.8 Å². The van der Waals surface area contributed by atoms with Crippen LogP contribution in [0.2, 0.25) is 5.02 Å². The van der Waals surface area contributed by atoms with Crippen molar-refractivity contribution >= 4 is 34.6 Å². The zero-order valence-electron chi connectivity index (χ0n) is 17.5. The zero-order valence-corrected chi connectivity index (χ0v) is 18.3. The molecule has 0 bridgehead atoms. The average molecular weight is 441 g/mol. The van der Waals surface area contributed by atoms with E-state index in [0.717, 1.165) is 23.5 Å². The molecule has 1 amide bonds. The molecule has 31 heavy (non-hydrogen) atoms. The topological polar surface area (TPSA) is 117 Å². The van der Waals surface area contributed by atoms with Crippen LogP contribution >= 0.6 is 11.6 Å². The molecule has 0 saturated heterocycles. The van der Waals surface area contributed by atoms with Gasteiger partial charge >= 0.3 is 6.09 Å². The lowest BCUT2D eigenvalue weighted by atomic mass is 9.83. The minimum Gasteiger partial charge on any atom is -0.465 e. The van der Waals surface area contributed by atoms with Gasteiger partial charge in [-0.05, 0) is 43.2 Å². The van der Waals surface area contributed by atoms with E-state index in [1.54, 1.807) is 18.5 Å². The first-order valence-electron chi connectivity index (χ1n) is 10.4. The summed E-state index contributed by atoms with van der Waals surface area (Å²) in [5.41, 5.74) is 3.78.